The summed E-state index contributed by atoms with van der Waals surface area (Å²) in [5.74, 6) is -1.47. The summed E-state index contributed by atoms with van der Waals surface area (Å²) in [5, 5.41) is 67.4. The van der Waals surface area contributed by atoms with Crippen molar-refractivity contribution in [1.82, 2.24) is 14.9 Å². The number of aromatic nitrogens is 2. The first-order valence-electron chi connectivity index (χ1n) is 20.7. The second-order valence-corrected chi connectivity index (χ2v) is 16.1. The number of carboxylic acids is 1. The Hall–Kier alpha value is -6.32. The second-order valence-electron chi connectivity index (χ2n) is 16.1. The van der Waals surface area contributed by atoms with Gasteiger partial charge >= 0.3 is 11.9 Å². The molecule has 10 atom stereocenters. The monoisotopic (exact) mass is 884 g/mol. The Morgan fingerprint density at radius 1 is 1.02 bits per heavy atom. The third-order valence-electron chi connectivity index (χ3n) is 12.2. The number of nitrogens with zero attached hydrogens (tertiary/aromatic N) is 1. The van der Waals surface area contributed by atoms with Crippen LogP contribution in [0.1, 0.15) is 46.4 Å². The molecule has 64 heavy (non-hydrogen) atoms. The topological polar surface area (TPSA) is 279 Å². The number of nitrogens with two attached hydrogens (primary N) is 1. The number of aromatic amines is 1. The average Bonchev–Trinajstić information content (AvgIpc) is 3.99. The fraction of sp³-hybridized carbons (Fsp3) is 0.378. The predicted octanol–water partition coefficient (Wildman–Crippen LogP) is 1.46. The number of hydrogen-bond acceptors (Lipinski definition) is 16. The van der Waals surface area contributed by atoms with Crippen molar-refractivity contribution in [1.29, 1.82) is 0 Å². The van der Waals surface area contributed by atoms with Gasteiger partial charge in [0.05, 0.1) is 37.5 Å². The molecular formula is C45H48N4O15. The molecule has 2 aromatic heterocycles. The molecule has 19 heteroatoms. The molecule has 1 fully saturated rings. The van der Waals surface area contributed by atoms with E-state index in [1.165, 1.54) is 19.4 Å². The molecule has 9 rings (SSSR count). The third kappa shape index (κ3) is 7.53. The van der Waals surface area contributed by atoms with Gasteiger partial charge in [0.2, 0.25) is 12.0 Å². The maximum atomic E-state index is 12.7. The Bertz CT molecular complexity index is 2560. The first-order chi connectivity index (χ1) is 30.9. The minimum Gasteiger partial charge on any atom is -0.493 e. The second kappa shape index (κ2) is 17.3. The van der Waals surface area contributed by atoms with E-state index in [9.17, 15) is 40.2 Å². The highest BCUT2D eigenvalue weighted by atomic mass is 16.7. The van der Waals surface area contributed by atoms with Crippen molar-refractivity contribution in [3.05, 3.63) is 113 Å². The number of esters is 1. The number of hydrogen-bond donors (Lipinski definition) is 9. The number of aliphatic carboxylic acids is 1. The zero-order valence-corrected chi connectivity index (χ0v) is 34.4. The van der Waals surface area contributed by atoms with Crippen LogP contribution in [0.3, 0.4) is 0 Å². The number of nitrogens with one attached hydrogen (secondary N) is 2. The van der Waals surface area contributed by atoms with E-state index in [0.29, 0.717) is 46.2 Å². The normalized spacial score (nSPS) is 27.7. The lowest BCUT2D eigenvalue weighted by atomic mass is 9.79. The molecule has 0 saturated carbocycles. The number of carboxylic acid groups (broad SMARTS) is 1. The minimum absolute atomic E-state index is 0.0193. The number of aliphatic hydroxyl groups excluding tert-OH is 5. The summed E-state index contributed by atoms with van der Waals surface area (Å²) in [6.07, 6.45) is -5.93. The van der Waals surface area contributed by atoms with Gasteiger partial charge in [0.1, 0.15) is 61.2 Å². The molecule has 1 saturated heterocycles. The lowest BCUT2D eigenvalue weighted by Gasteiger charge is -2.52. The Labute approximate surface area is 365 Å². The van der Waals surface area contributed by atoms with Crippen LogP contribution in [0.5, 0.6) is 28.7 Å². The molecule has 0 bridgehead atoms. The fourth-order valence-corrected chi connectivity index (χ4v) is 9.32. The summed E-state index contributed by atoms with van der Waals surface area (Å²) in [5.41, 5.74) is 8.50. The molecule has 0 amide bonds. The SMILES string of the molecule is COc1ccc2c(c1OCCO)OC1c3c(Cn4cc5cc[nH]c5c4CO)cc(OC4OC5(C=CNC(N)C5OC(=O)CC(=O)O)C(O)C(O)C4O)cc3OC(Cc3ccccc3)C21. The molecule has 4 aliphatic rings. The summed E-state index contributed by atoms with van der Waals surface area (Å²) in [4.78, 5) is 27.2. The first-order valence-corrected chi connectivity index (χ1v) is 20.7. The van der Waals surface area contributed by atoms with Crippen LogP contribution in [0.15, 0.2) is 85.3 Å². The molecule has 4 aliphatic heterocycles. The van der Waals surface area contributed by atoms with Gasteiger partial charge in [-0.25, -0.2) is 0 Å². The highest BCUT2D eigenvalue weighted by Gasteiger charge is 2.61. The highest BCUT2D eigenvalue weighted by molar-refractivity contribution is 5.90. The van der Waals surface area contributed by atoms with Crippen LogP contribution >= 0.6 is 0 Å². The molecule has 19 nitrogen and oxygen atoms in total. The number of benzene rings is 3. The third-order valence-corrected chi connectivity index (χ3v) is 12.2. The van der Waals surface area contributed by atoms with Gasteiger partial charge in [0, 0.05) is 47.9 Å². The van der Waals surface area contributed by atoms with Crippen molar-refractivity contribution in [2.24, 2.45) is 5.73 Å². The summed E-state index contributed by atoms with van der Waals surface area (Å²) in [6.45, 7) is -0.422. The van der Waals surface area contributed by atoms with E-state index in [4.69, 9.17) is 38.9 Å². The number of carbonyl (C=O) groups excluding carboxylic acids is 1. The van der Waals surface area contributed by atoms with E-state index < -0.39 is 79.0 Å². The molecule has 0 aliphatic carbocycles. The van der Waals surface area contributed by atoms with Crippen molar-refractivity contribution >= 4 is 22.8 Å². The fourth-order valence-electron chi connectivity index (χ4n) is 9.32. The van der Waals surface area contributed by atoms with Gasteiger partial charge in [-0.15, -0.1) is 0 Å². The van der Waals surface area contributed by atoms with Gasteiger partial charge in [0.25, 0.3) is 0 Å². The smallest absolute Gasteiger partial charge is 0.317 e. The maximum Gasteiger partial charge on any atom is 0.317 e. The molecule has 3 aromatic carbocycles. The van der Waals surface area contributed by atoms with Crippen LogP contribution in [-0.4, -0.2) is 121 Å². The Morgan fingerprint density at radius 2 is 1.83 bits per heavy atom. The first kappa shape index (κ1) is 43.0. The van der Waals surface area contributed by atoms with Gasteiger partial charge in [-0.05, 0) is 41.6 Å². The number of ether oxygens (including phenoxy) is 7. The van der Waals surface area contributed by atoms with Crippen LogP contribution in [0.25, 0.3) is 10.9 Å². The molecule has 10 unspecified atom stereocenters. The van der Waals surface area contributed by atoms with Gasteiger partial charge < -0.3 is 84.4 Å². The van der Waals surface area contributed by atoms with Crippen molar-refractivity contribution in [2.75, 3.05) is 20.3 Å². The maximum absolute atomic E-state index is 12.7. The zero-order chi connectivity index (χ0) is 44.9. The molecule has 0 radical (unpaired) electrons. The average molecular weight is 885 g/mol. The number of aliphatic hydroxyl groups is 5. The van der Waals surface area contributed by atoms with Crippen LogP contribution in [-0.2, 0) is 38.6 Å². The lowest BCUT2D eigenvalue weighted by molar-refractivity contribution is -0.321. The molecule has 1 spiro atoms. The van der Waals surface area contributed by atoms with Crippen LogP contribution in [0.4, 0.5) is 0 Å². The molecule has 6 heterocycles. The van der Waals surface area contributed by atoms with Gasteiger partial charge in [-0.2, -0.15) is 0 Å². The van der Waals surface area contributed by atoms with E-state index in [2.05, 4.69) is 10.3 Å². The number of methoxy groups -OCH3 is 1. The standard InChI is InChI=1S/C45H48N4O15/c1-58-28-8-7-26-34-29(15-22-5-3-2-4-6-22)61-30-17-25(60-44-37(56)36(55)41(57)45(64-44)10-12-48-43(46)42(45)62-32(54)18-31(52)53)16-24(20-49-19-23-9-11-47-35(23)27(49)21-51)33(30)40(34)63-38(26)39(28)59-14-13-50/h2-12,16-17,19,29,34,36-37,40-44,47-48,50-51,55-57H,13-15,18,20-21,46H2,1H3,(H,52,53). The molecule has 338 valence electrons. The highest BCUT2D eigenvalue weighted by Crippen LogP contribution is 2.59. The summed E-state index contributed by atoms with van der Waals surface area (Å²) in [7, 11) is 1.51. The Kier molecular flexibility index (Phi) is 11.6. The molecular weight excluding hydrogens is 837 g/mol. The quantitative estimate of drug-likeness (QED) is 0.0564. The summed E-state index contributed by atoms with van der Waals surface area (Å²) >= 11 is 0. The minimum atomic E-state index is -2.13. The van der Waals surface area contributed by atoms with E-state index in [1.807, 2.05) is 53.2 Å². The van der Waals surface area contributed by atoms with Crippen molar-refractivity contribution in [3.63, 3.8) is 0 Å². The van der Waals surface area contributed by atoms with E-state index >= 15 is 0 Å². The molecule has 10 N–H and O–H groups in total. The summed E-state index contributed by atoms with van der Waals surface area (Å²) in [6, 6.07) is 18.7. The Balaban J connectivity index is 1.16. The van der Waals surface area contributed by atoms with Gasteiger partial charge in [-0.3, -0.25) is 9.59 Å². The van der Waals surface area contributed by atoms with Crippen molar-refractivity contribution in [2.45, 2.75) is 86.6 Å². The van der Waals surface area contributed by atoms with Gasteiger partial charge in [-0.1, -0.05) is 36.4 Å². The van der Waals surface area contributed by atoms with Crippen LogP contribution < -0.4 is 34.7 Å². The van der Waals surface area contributed by atoms with Crippen molar-refractivity contribution in [3.8, 4) is 28.7 Å². The lowest BCUT2D eigenvalue weighted by Crippen LogP contribution is -2.74. The van der Waals surface area contributed by atoms with E-state index in [-0.39, 0.29) is 32.1 Å². The van der Waals surface area contributed by atoms with Gasteiger partial charge in [0.15, 0.2) is 23.2 Å². The number of H-pyrrole nitrogens is 1. The van der Waals surface area contributed by atoms with E-state index in [0.717, 1.165) is 22.0 Å². The Morgan fingerprint density at radius 3 is 2.58 bits per heavy atom. The number of carbonyl (C=O) groups is 2. The largest absolute Gasteiger partial charge is 0.493 e. The van der Waals surface area contributed by atoms with Crippen LogP contribution in [0, 0.1) is 0 Å². The molecule has 5 aromatic rings. The van der Waals surface area contributed by atoms with Crippen molar-refractivity contribution < 1.29 is 73.4 Å². The van der Waals surface area contributed by atoms with Crippen LogP contribution in [0.2, 0.25) is 0 Å². The zero-order valence-electron chi connectivity index (χ0n) is 34.4. The number of fused-ring (bicyclic) bond motifs is 6. The number of rotatable bonds is 14. The van der Waals surface area contributed by atoms with E-state index in [1.54, 1.807) is 24.4 Å². The predicted molar refractivity (Wildman–Crippen MR) is 223 cm³/mol. The summed E-state index contributed by atoms with van der Waals surface area (Å²) < 4.78 is 45.7.